The fraction of sp³-hybridized carbons (Fsp3) is 0.571. The van der Waals surface area contributed by atoms with Gasteiger partial charge in [0.1, 0.15) is 0 Å². The molecule has 0 unspecified atom stereocenters. The molecule has 2 heterocycles. The van der Waals surface area contributed by atoms with Gasteiger partial charge in [0.05, 0.1) is 12.2 Å². The summed E-state index contributed by atoms with van der Waals surface area (Å²) in [6, 6.07) is 11.0. The van der Waals surface area contributed by atoms with Crippen LogP contribution in [0.25, 0.3) is 0 Å². The monoisotopic (exact) mass is 343 g/mol. The van der Waals surface area contributed by atoms with E-state index in [0.717, 1.165) is 32.2 Å². The van der Waals surface area contributed by atoms with E-state index in [2.05, 4.69) is 47.8 Å². The topological polar surface area (TPSA) is 58.6 Å². The van der Waals surface area contributed by atoms with Crippen LogP contribution in [0.3, 0.4) is 0 Å². The van der Waals surface area contributed by atoms with Crippen LogP contribution in [0.15, 0.2) is 42.5 Å². The quantitative estimate of drug-likeness (QED) is 0.504. The van der Waals surface area contributed by atoms with Crippen LogP contribution in [-0.4, -0.2) is 35.9 Å². The van der Waals surface area contributed by atoms with Crippen LogP contribution in [0.1, 0.15) is 44.1 Å². The van der Waals surface area contributed by atoms with E-state index >= 15 is 0 Å². The Labute approximate surface area is 150 Å². The number of rotatable bonds is 10. The van der Waals surface area contributed by atoms with Crippen LogP contribution >= 0.6 is 0 Å². The van der Waals surface area contributed by atoms with Gasteiger partial charge in [-0.25, -0.2) is 0 Å². The Bertz CT molecular complexity index is 572. The second kappa shape index (κ2) is 9.16. The third-order valence-corrected chi connectivity index (χ3v) is 5.40. The van der Waals surface area contributed by atoms with Crippen LogP contribution in [-0.2, 0) is 16.0 Å². The fourth-order valence-corrected chi connectivity index (χ4v) is 4.13. The first kappa shape index (κ1) is 18.2. The van der Waals surface area contributed by atoms with Gasteiger partial charge < -0.3 is 15.2 Å². The van der Waals surface area contributed by atoms with Crippen molar-refractivity contribution < 1.29 is 14.6 Å². The summed E-state index contributed by atoms with van der Waals surface area (Å²) in [6.45, 7) is 0.986. The van der Waals surface area contributed by atoms with E-state index in [-0.39, 0.29) is 6.42 Å². The van der Waals surface area contributed by atoms with Crippen LogP contribution < -0.4 is 5.32 Å². The summed E-state index contributed by atoms with van der Waals surface area (Å²) >= 11 is 0. The average Bonchev–Trinajstić information content (AvgIpc) is 3.21. The van der Waals surface area contributed by atoms with Crippen LogP contribution in [0.4, 0.5) is 0 Å². The molecule has 2 fully saturated rings. The van der Waals surface area contributed by atoms with Crippen molar-refractivity contribution in [1.82, 2.24) is 5.32 Å². The number of benzene rings is 1. The summed E-state index contributed by atoms with van der Waals surface area (Å²) < 4.78 is 6.14. The van der Waals surface area contributed by atoms with Crippen molar-refractivity contribution in [3.8, 4) is 0 Å². The molecular weight excluding hydrogens is 314 g/mol. The van der Waals surface area contributed by atoms with Crippen molar-refractivity contribution in [3.63, 3.8) is 0 Å². The molecule has 2 bridgehead atoms. The Kier molecular flexibility index (Phi) is 6.65. The molecule has 4 atom stereocenters. The highest BCUT2D eigenvalue weighted by Crippen LogP contribution is 2.41. The number of carboxylic acids is 1. The lowest BCUT2D eigenvalue weighted by atomic mass is 9.82. The minimum atomic E-state index is -0.711. The standard InChI is InChI=1S/C21H29NO3/c23-20(24)11-7-2-1-6-10-17-18-12-13-19(25-18)21(17)22-15-14-16-8-4-3-5-9-16/h1,3-6,8-9,17-19,21-22H,2,7,10-15H2,(H,23,24)/t17-,18+,19-,21+/m0/s1. The smallest absolute Gasteiger partial charge is 0.303 e. The number of hydrogen-bond acceptors (Lipinski definition) is 3. The molecule has 2 saturated heterocycles. The molecule has 136 valence electrons. The highest BCUT2D eigenvalue weighted by atomic mass is 16.5. The lowest BCUT2D eigenvalue weighted by molar-refractivity contribution is -0.137. The maximum atomic E-state index is 10.5. The number of ether oxygens (including phenoxy) is 1. The summed E-state index contributed by atoms with van der Waals surface area (Å²) in [5.74, 6) is -0.164. The Morgan fingerprint density at radius 3 is 2.80 bits per heavy atom. The van der Waals surface area contributed by atoms with Crippen LogP contribution in [0.5, 0.6) is 0 Å². The first-order valence-corrected chi connectivity index (χ1v) is 9.53. The number of allylic oxidation sites excluding steroid dienone is 2. The lowest BCUT2D eigenvalue weighted by Crippen LogP contribution is -2.44. The molecule has 0 aromatic heterocycles. The average molecular weight is 343 g/mol. The summed E-state index contributed by atoms with van der Waals surface area (Å²) in [5.41, 5.74) is 1.37. The summed E-state index contributed by atoms with van der Waals surface area (Å²) in [7, 11) is 0. The maximum Gasteiger partial charge on any atom is 0.303 e. The highest BCUT2D eigenvalue weighted by Gasteiger charge is 2.47. The van der Waals surface area contributed by atoms with Crippen molar-refractivity contribution in [3.05, 3.63) is 48.0 Å². The molecule has 0 aliphatic carbocycles. The third-order valence-electron chi connectivity index (χ3n) is 5.40. The first-order valence-electron chi connectivity index (χ1n) is 9.53. The van der Waals surface area contributed by atoms with Gasteiger partial charge in [0.25, 0.3) is 0 Å². The SMILES string of the molecule is O=C(O)CCCC=CC[C@@H]1[C@@H](NCCc2ccccc2)[C@@H]2CC[C@H]1O2. The highest BCUT2D eigenvalue weighted by molar-refractivity contribution is 5.66. The number of carbonyl (C=O) groups is 1. The van der Waals surface area contributed by atoms with Crippen molar-refractivity contribution in [2.45, 2.75) is 63.2 Å². The molecule has 0 amide bonds. The number of carboxylic acid groups (broad SMARTS) is 1. The molecule has 2 N–H and O–H groups in total. The largest absolute Gasteiger partial charge is 0.481 e. The number of unbranched alkanes of at least 4 members (excludes halogenated alkanes) is 1. The van der Waals surface area contributed by atoms with Gasteiger partial charge in [-0.1, -0.05) is 42.5 Å². The Balaban J connectivity index is 1.43. The zero-order valence-corrected chi connectivity index (χ0v) is 14.8. The minimum absolute atomic E-state index is 0.255. The van der Waals surface area contributed by atoms with Crippen molar-refractivity contribution >= 4 is 5.97 Å². The Morgan fingerprint density at radius 1 is 1.20 bits per heavy atom. The first-order chi connectivity index (χ1) is 12.2. The van der Waals surface area contributed by atoms with E-state index in [1.807, 2.05) is 0 Å². The van der Waals surface area contributed by atoms with Crippen molar-refractivity contribution in [2.24, 2.45) is 5.92 Å². The number of fused-ring (bicyclic) bond motifs is 2. The van der Waals surface area contributed by atoms with Gasteiger partial charge >= 0.3 is 5.97 Å². The van der Waals surface area contributed by atoms with E-state index in [1.165, 1.54) is 18.4 Å². The van der Waals surface area contributed by atoms with E-state index in [9.17, 15) is 4.79 Å². The van der Waals surface area contributed by atoms with Crippen LogP contribution in [0, 0.1) is 5.92 Å². The van der Waals surface area contributed by atoms with Gasteiger partial charge in [-0.3, -0.25) is 4.79 Å². The predicted molar refractivity (Wildman–Crippen MR) is 98.6 cm³/mol. The Hall–Kier alpha value is -1.65. The zero-order valence-electron chi connectivity index (χ0n) is 14.8. The molecule has 3 rings (SSSR count). The van der Waals surface area contributed by atoms with Crippen LogP contribution in [0.2, 0.25) is 0 Å². The molecule has 4 nitrogen and oxygen atoms in total. The van der Waals surface area contributed by atoms with Crippen molar-refractivity contribution in [2.75, 3.05) is 6.54 Å². The number of aliphatic carboxylic acids is 1. The second-order valence-corrected chi connectivity index (χ2v) is 7.16. The van der Waals surface area contributed by atoms with Gasteiger partial charge in [-0.2, -0.15) is 0 Å². The molecule has 0 radical (unpaired) electrons. The molecular formula is C21H29NO3. The van der Waals surface area contributed by atoms with Gasteiger partial charge in [0.15, 0.2) is 0 Å². The van der Waals surface area contributed by atoms with E-state index in [0.29, 0.717) is 24.2 Å². The van der Waals surface area contributed by atoms with Gasteiger partial charge in [-0.05, 0) is 50.6 Å². The zero-order chi connectivity index (χ0) is 17.5. The maximum absolute atomic E-state index is 10.5. The van der Waals surface area contributed by atoms with Crippen molar-refractivity contribution in [1.29, 1.82) is 0 Å². The number of nitrogens with one attached hydrogen (secondary N) is 1. The molecule has 2 aliphatic rings. The lowest BCUT2D eigenvalue weighted by Gasteiger charge is -2.28. The normalized spacial score (nSPS) is 28.0. The summed E-state index contributed by atoms with van der Waals surface area (Å²) in [5, 5.41) is 12.4. The molecule has 1 aromatic carbocycles. The van der Waals surface area contributed by atoms with E-state index in [1.54, 1.807) is 0 Å². The summed E-state index contributed by atoms with van der Waals surface area (Å²) in [4.78, 5) is 10.5. The molecule has 25 heavy (non-hydrogen) atoms. The fourth-order valence-electron chi connectivity index (χ4n) is 4.13. The molecule has 0 saturated carbocycles. The molecule has 1 aromatic rings. The van der Waals surface area contributed by atoms with Gasteiger partial charge in [0, 0.05) is 18.4 Å². The van der Waals surface area contributed by atoms with E-state index in [4.69, 9.17) is 9.84 Å². The molecule has 0 spiro atoms. The Morgan fingerprint density at radius 2 is 2.00 bits per heavy atom. The minimum Gasteiger partial charge on any atom is -0.481 e. The molecule has 2 aliphatic heterocycles. The summed E-state index contributed by atoms with van der Waals surface area (Å²) in [6.07, 6.45) is 11.4. The van der Waals surface area contributed by atoms with E-state index < -0.39 is 5.97 Å². The number of hydrogen-bond donors (Lipinski definition) is 2. The third kappa shape index (κ3) is 5.16. The van der Waals surface area contributed by atoms with Gasteiger partial charge in [-0.15, -0.1) is 0 Å². The second-order valence-electron chi connectivity index (χ2n) is 7.16. The molecule has 4 heteroatoms. The van der Waals surface area contributed by atoms with Gasteiger partial charge in [0.2, 0.25) is 0 Å². The predicted octanol–water partition coefficient (Wildman–Crippen LogP) is 3.57.